The molecule has 0 heterocycles. The normalized spacial score (nSPS) is 14.4. The van der Waals surface area contributed by atoms with E-state index in [-0.39, 0.29) is 11.5 Å². The Hall–Kier alpha value is -2.10. The molecule has 0 atom stereocenters. The first kappa shape index (κ1) is 15.3. The molecule has 1 aliphatic rings. The van der Waals surface area contributed by atoms with E-state index in [0.717, 1.165) is 18.4 Å². The monoisotopic (exact) mass is 287 g/mol. The molecule has 2 N–H and O–H groups in total. The second kappa shape index (κ2) is 7.62. The van der Waals surface area contributed by atoms with Crippen LogP contribution in [0.3, 0.4) is 0 Å². The molecule has 2 rings (SSSR count). The minimum Gasteiger partial charge on any atom is -0.478 e. The van der Waals surface area contributed by atoms with Gasteiger partial charge in [0.1, 0.15) is 0 Å². The summed E-state index contributed by atoms with van der Waals surface area (Å²) in [4.78, 5) is 22.6. The van der Waals surface area contributed by atoms with E-state index in [0.29, 0.717) is 13.0 Å². The molecule has 0 aliphatic heterocycles. The van der Waals surface area contributed by atoms with Crippen LogP contribution in [0, 0.1) is 0 Å². The van der Waals surface area contributed by atoms with Crippen LogP contribution in [0.4, 0.5) is 0 Å². The Morgan fingerprint density at radius 3 is 2.52 bits per heavy atom. The van der Waals surface area contributed by atoms with Gasteiger partial charge < -0.3 is 10.4 Å². The number of carbonyl (C=O) groups excluding carboxylic acids is 1. The molecule has 112 valence electrons. The van der Waals surface area contributed by atoms with Gasteiger partial charge in [-0.2, -0.15) is 0 Å². The number of benzene rings is 1. The topological polar surface area (TPSA) is 66.4 Å². The maximum atomic E-state index is 11.8. The first-order valence-electron chi connectivity index (χ1n) is 7.42. The second-order valence-corrected chi connectivity index (χ2v) is 5.39. The van der Waals surface area contributed by atoms with Gasteiger partial charge in [0, 0.05) is 6.54 Å². The Morgan fingerprint density at radius 2 is 1.90 bits per heavy atom. The summed E-state index contributed by atoms with van der Waals surface area (Å²) in [5, 5.41) is 11.7. The van der Waals surface area contributed by atoms with E-state index in [1.54, 1.807) is 12.1 Å². The van der Waals surface area contributed by atoms with Crippen LogP contribution in [0.25, 0.3) is 0 Å². The molecule has 0 spiro atoms. The van der Waals surface area contributed by atoms with Crippen molar-refractivity contribution in [1.82, 2.24) is 5.32 Å². The van der Waals surface area contributed by atoms with Gasteiger partial charge in [-0.3, -0.25) is 4.79 Å². The van der Waals surface area contributed by atoms with Crippen LogP contribution in [0.2, 0.25) is 0 Å². The highest BCUT2D eigenvalue weighted by Crippen LogP contribution is 2.19. The van der Waals surface area contributed by atoms with Gasteiger partial charge in [-0.1, -0.05) is 23.8 Å². The van der Waals surface area contributed by atoms with Crippen LogP contribution in [-0.2, 0) is 11.2 Å². The number of hydrogen-bond acceptors (Lipinski definition) is 2. The lowest BCUT2D eigenvalue weighted by Gasteiger charge is -2.13. The number of carboxylic acid groups (broad SMARTS) is 1. The van der Waals surface area contributed by atoms with Crippen molar-refractivity contribution in [2.24, 2.45) is 0 Å². The highest BCUT2D eigenvalue weighted by Gasteiger charge is 2.07. The van der Waals surface area contributed by atoms with Gasteiger partial charge in [0.25, 0.3) is 0 Å². The first-order chi connectivity index (χ1) is 10.1. The number of amides is 1. The first-order valence-corrected chi connectivity index (χ1v) is 7.42. The van der Waals surface area contributed by atoms with Crippen LogP contribution in [0.1, 0.15) is 48.0 Å². The Kier molecular flexibility index (Phi) is 5.55. The molecule has 4 heteroatoms. The van der Waals surface area contributed by atoms with E-state index in [2.05, 4.69) is 11.4 Å². The van der Waals surface area contributed by atoms with Crippen molar-refractivity contribution in [3.05, 3.63) is 47.0 Å². The standard InChI is InChI=1S/C17H21NO3/c19-16(18-11-10-13-4-2-1-3-5-13)12-14-6-8-15(9-7-14)17(20)21/h4,6-9H,1-3,5,10-12H2,(H,18,19)(H,20,21). The van der Waals surface area contributed by atoms with Crippen molar-refractivity contribution in [1.29, 1.82) is 0 Å². The molecule has 21 heavy (non-hydrogen) atoms. The summed E-state index contributed by atoms with van der Waals surface area (Å²) in [6.07, 6.45) is 8.38. The van der Waals surface area contributed by atoms with Crippen LogP contribution in [-0.4, -0.2) is 23.5 Å². The Morgan fingerprint density at radius 1 is 1.14 bits per heavy atom. The van der Waals surface area contributed by atoms with Crippen LogP contribution >= 0.6 is 0 Å². The summed E-state index contributed by atoms with van der Waals surface area (Å²) in [5.74, 6) is -0.971. The molecule has 0 radical (unpaired) electrons. The molecule has 1 aromatic carbocycles. The van der Waals surface area contributed by atoms with Crippen molar-refractivity contribution >= 4 is 11.9 Å². The Bertz CT molecular complexity index is 531. The van der Waals surface area contributed by atoms with Crippen molar-refractivity contribution in [2.45, 2.75) is 38.5 Å². The average molecular weight is 287 g/mol. The quantitative estimate of drug-likeness (QED) is 0.791. The number of aromatic carboxylic acids is 1. The molecule has 0 unspecified atom stereocenters. The maximum Gasteiger partial charge on any atom is 0.335 e. The molecule has 1 aromatic rings. The van der Waals surface area contributed by atoms with Gasteiger partial charge in [0.2, 0.25) is 5.91 Å². The Balaban J connectivity index is 1.73. The molecule has 0 fully saturated rings. The van der Waals surface area contributed by atoms with Gasteiger partial charge in [0.05, 0.1) is 12.0 Å². The van der Waals surface area contributed by atoms with Crippen LogP contribution in [0.5, 0.6) is 0 Å². The second-order valence-electron chi connectivity index (χ2n) is 5.39. The largest absolute Gasteiger partial charge is 0.478 e. The zero-order chi connectivity index (χ0) is 15.1. The smallest absolute Gasteiger partial charge is 0.335 e. The average Bonchev–Trinajstić information content (AvgIpc) is 2.49. The number of allylic oxidation sites excluding steroid dienone is 1. The molecule has 0 saturated heterocycles. The highest BCUT2D eigenvalue weighted by molar-refractivity contribution is 5.87. The predicted molar refractivity (Wildman–Crippen MR) is 81.3 cm³/mol. The van der Waals surface area contributed by atoms with Crippen molar-refractivity contribution in [3.63, 3.8) is 0 Å². The summed E-state index contributed by atoms with van der Waals surface area (Å²) in [7, 11) is 0. The molecule has 0 saturated carbocycles. The molecule has 0 aromatic heterocycles. The lowest BCUT2D eigenvalue weighted by atomic mass is 9.97. The number of hydrogen-bond donors (Lipinski definition) is 2. The lowest BCUT2D eigenvalue weighted by Crippen LogP contribution is -2.26. The molecular formula is C17H21NO3. The molecular weight excluding hydrogens is 266 g/mol. The summed E-state index contributed by atoms with van der Waals surface area (Å²) < 4.78 is 0. The minimum absolute atomic E-state index is 0.0190. The minimum atomic E-state index is -0.952. The number of carboxylic acids is 1. The molecule has 1 aliphatic carbocycles. The third-order valence-corrected chi connectivity index (χ3v) is 3.72. The number of nitrogens with one attached hydrogen (secondary N) is 1. The zero-order valence-electron chi connectivity index (χ0n) is 12.1. The summed E-state index contributed by atoms with van der Waals surface area (Å²) in [5.41, 5.74) is 2.52. The van der Waals surface area contributed by atoms with Gasteiger partial charge in [-0.25, -0.2) is 4.79 Å². The maximum absolute atomic E-state index is 11.8. The van der Waals surface area contributed by atoms with E-state index in [1.807, 2.05) is 0 Å². The van der Waals surface area contributed by atoms with E-state index >= 15 is 0 Å². The lowest BCUT2D eigenvalue weighted by molar-refractivity contribution is -0.120. The number of rotatable bonds is 6. The predicted octanol–water partition coefficient (Wildman–Crippen LogP) is 2.93. The van der Waals surface area contributed by atoms with Crippen LogP contribution in [0.15, 0.2) is 35.9 Å². The van der Waals surface area contributed by atoms with E-state index in [4.69, 9.17) is 5.11 Å². The highest BCUT2D eigenvalue weighted by atomic mass is 16.4. The third-order valence-electron chi connectivity index (χ3n) is 3.72. The number of carbonyl (C=O) groups is 2. The fourth-order valence-electron chi connectivity index (χ4n) is 2.51. The fraction of sp³-hybridized carbons (Fsp3) is 0.412. The van der Waals surface area contributed by atoms with Gasteiger partial charge >= 0.3 is 5.97 Å². The Labute approximate surface area is 124 Å². The van der Waals surface area contributed by atoms with Crippen molar-refractivity contribution in [3.8, 4) is 0 Å². The molecule has 0 bridgehead atoms. The van der Waals surface area contributed by atoms with Gasteiger partial charge in [-0.15, -0.1) is 0 Å². The van der Waals surface area contributed by atoms with E-state index < -0.39 is 5.97 Å². The van der Waals surface area contributed by atoms with Gasteiger partial charge in [-0.05, 0) is 49.8 Å². The van der Waals surface area contributed by atoms with Gasteiger partial charge in [0.15, 0.2) is 0 Å². The van der Waals surface area contributed by atoms with Crippen LogP contribution < -0.4 is 5.32 Å². The third kappa shape index (κ3) is 5.06. The van der Waals surface area contributed by atoms with E-state index in [1.165, 1.54) is 37.0 Å². The SMILES string of the molecule is O=C(Cc1ccc(C(=O)O)cc1)NCCC1=CCCCC1. The summed E-state index contributed by atoms with van der Waals surface area (Å²) in [6.45, 7) is 0.678. The zero-order valence-corrected chi connectivity index (χ0v) is 12.1. The molecule has 1 amide bonds. The fourth-order valence-corrected chi connectivity index (χ4v) is 2.51. The summed E-state index contributed by atoms with van der Waals surface area (Å²) in [6, 6.07) is 6.43. The molecule has 4 nitrogen and oxygen atoms in total. The van der Waals surface area contributed by atoms with Crippen molar-refractivity contribution < 1.29 is 14.7 Å². The van der Waals surface area contributed by atoms with Crippen molar-refractivity contribution in [2.75, 3.05) is 6.54 Å². The summed E-state index contributed by atoms with van der Waals surface area (Å²) >= 11 is 0. The van der Waals surface area contributed by atoms with E-state index in [9.17, 15) is 9.59 Å².